The van der Waals surface area contributed by atoms with Crippen LogP contribution < -0.4 is 34.1 Å². The number of hydrogen-bond acceptors (Lipinski definition) is 7. The second kappa shape index (κ2) is 4.59. The topological polar surface area (TPSA) is 160 Å². The van der Waals surface area contributed by atoms with Crippen LogP contribution in [0.5, 0.6) is 0 Å². The molecule has 10 N–H and O–H groups in total. The van der Waals surface area contributed by atoms with Gasteiger partial charge in [0.1, 0.15) is 11.8 Å². The molecule has 0 atom stereocenters. The molecular weight excluding hydrogens is 282 g/mol. The van der Waals surface area contributed by atoms with Crippen molar-refractivity contribution in [2.24, 2.45) is 0 Å². The van der Waals surface area contributed by atoms with E-state index >= 15 is 0 Å². The maximum absolute atomic E-state index is 12.7. The molecule has 0 saturated carbocycles. The largest absolute Gasteiger partial charge is 0.463 e. The van der Waals surface area contributed by atoms with Crippen LogP contribution in [-0.2, 0) is 0 Å². The monoisotopic (exact) mass is 297 g/mol. The third-order valence-corrected chi connectivity index (χ3v) is 3.58. The van der Waals surface area contributed by atoms with E-state index < -0.39 is 0 Å². The first-order valence-electron chi connectivity index (χ1n) is 6.44. The van der Waals surface area contributed by atoms with Gasteiger partial charge in [-0.25, -0.2) is 0 Å². The summed E-state index contributed by atoms with van der Waals surface area (Å²) in [6.45, 7) is 0. The van der Waals surface area contributed by atoms with E-state index in [1.807, 2.05) is 0 Å². The molecule has 0 aliphatic carbocycles. The fraction of sp³-hybridized carbons (Fsp3) is 0. The summed E-state index contributed by atoms with van der Waals surface area (Å²) in [5.74, 6) is 0. The molecule has 0 spiro atoms. The first-order valence-corrected chi connectivity index (χ1v) is 6.44. The standard InChI is InChI=1S/C15H15N5O2/c16-8-2-1-6(3-9(8)17)7-5-22-11-4-10(18)13(19)14(20)12(11)15(7)21/h1-5H,16-20H2. The summed E-state index contributed by atoms with van der Waals surface area (Å²) in [5, 5.41) is 0.194. The van der Waals surface area contributed by atoms with E-state index in [1.165, 1.54) is 12.3 Å². The van der Waals surface area contributed by atoms with Gasteiger partial charge in [-0.15, -0.1) is 0 Å². The van der Waals surface area contributed by atoms with Gasteiger partial charge in [0.05, 0.1) is 39.4 Å². The Morgan fingerprint density at radius 2 is 1.55 bits per heavy atom. The van der Waals surface area contributed by atoms with E-state index in [0.717, 1.165) is 0 Å². The highest BCUT2D eigenvalue weighted by atomic mass is 16.3. The molecule has 112 valence electrons. The van der Waals surface area contributed by atoms with Crippen LogP contribution in [0.4, 0.5) is 28.4 Å². The molecule has 3 aromatic rings. The van der Waals surface area contributed by atoms with Crippen molar-refractivity contribution in [1.29, 1.82) is 0 Å². The summed E-state index contributed by atoms with van der Waals surface area (Å²) >= 11 is 0. The van der Waals surface area contributed by atoms with E-state index in [2.05, 4.69) is 0 Å². The number of rotatable bonds is 1. The molecule has 0 bridgehead atoms. The highest BCUT2D eigenvalue weighted by Crippen LogP contribution is 2.32. The van der Waals surface area contributed by atoms with Crippen molar-refractivity contribution in [2.75, 3.05) is 28.7 Å². The Balaban J connectivity index is 2.35. The summed E-state index contributed by atoms with van der Waals surface area (Å²) in [6.07, 6.45) is 1.34. The smallest absolute Gasteiger partial charge is 0.202 e. The minimum Gasteiger partial charge on any atom is -0.463 e. The molecule has 22 heavy (non-hydrogen) atoms. The second-order valence-electron chi connectivity index (χ2n) is 4.99. The van der Waals surface area contributed by atoms with Crippen LogP contribution in [0, 0.1) is 0 Å². The summed E-state index contributed by atoms with van der Waals surface area (Å²) in [5.41, 5.74) is 31.1. The Bertz CT molecular complexity index is 962. The quantitative estimate of drug-likeness (QED) is 0.424. The maximum atomic E-state index is 12.7. The molecule has 1 heterocycles. The van der Waals surface area contributed by atoms with Gasteiger partial charge in [-0.2, -0.15) is 0 Å². The first-order chi connectivity index (χ1) is 10.4. The van der Waals surface area contributed by atoms with Crippen LogP contribution >= 0.6 is 0 Å². The van der Waals surface area contributed by atoms with Gasteiger partial charge >= 0.3 is 0 Å². The Hall–Kier alpha value is -3.35. The molecule has 1 aromatic heterocycles. The SMILES string of the molecule is Nc1ccc(-c2coc3cc(N)c(N)c(N)c3c2=O)cc1N. The van der Waals surface area contributed by atoms with Crippen molar-refractivity contribution in [3.05, 3.63) is 40.8 Å². The maximum Gasteiger partial charge on any atom is 0.202 e. The molecule has 7 nitrogen and oxygen atoms in total. The number of benzene rings is 2. The zero-order chi connectivity index (χ0) is 16.0. The molecule has 0 unspecified atom stereocenters. The third kappa shape index (κ3) is 1.87. The highest BCUT2D eigenvalue weighted by Gasteiger charge is 2.15. The Morgan fingerprint density at radius 1 is 0.818 bits per heavy atom. The molecule has 0 aliphatic heterocycles. The van der Waals surface area contributed by atoms with Gasteiger partial charge in [0.15, 0.2) is 0 Å². The van der Waals surface area contributed by atoms with Crippen molar-refractivity contribution in [2.45, 2.75) is 0 Å². The van der Waals surface area contributed by atoms with Gasteiger partial charge in [0.25, 0.3) is 0 Å². The van der Waals surface area contributed by atoms with Crippen molar-refractivity contribution < 1.29 is 4.42 Å². The zero-order valence-corrected chi connectivity index (χ0v) is 11.6. The number of nitrogens with two attached hydrogens (primary N) is 5. The molecule has 2 aromatic carbocycles. The normalized spacial score (nSPS) is 10.9. The fourth-order valence-corrected chi connectivity index (χ4v) is 2.29. The van der Waals surface area contributed by atoms with Gasteiger partial charge in [-0.1, -0.05) is 6.07 Å². The Morgan fingerprint density at radius 3 is 2.23 bits per heavy atom. The Labute approximate surface area is 125 Å². The van der Waals surface area contributed by atoms with Crippen LogP contribution in [0.15, 0.2) is 39.7 Å². The van der Waals surface area contributed by atoms with Gasteiger partial charge in [-0.3, -0.25) is 4.79 Å². The van der Waals surface area contributed by atoms with Gasteiger partial charge in [0, 0.05) is 6.07 Å². The fourth-order valence-electron chi connectivity index (χ4n) is 2.29. The molecule has 0 aliphatic rings. The molecule has 3 rings (SSSR count). The van der Waals surface area contributed by atoms with Crippen molar-refractivity contribution in [3.63, 3.8) is 0 Å². The number of nitrogen functional groups attached to an aromatic ring is 5. The van der Waals surface area contributed by atoms with Gasteiger partial charge < -0.3 is 33.1 Å². The average molecular weight is 297 g/mol. The number of anilines is 5. The third-order valence-electron chi connectivity index (χ3n) is 3.58. The summed E-state index contributed by atoms with van der Waals surface area (Å²) in [7, 11) is 0. The first kappa shape index (κ1) is 13.6. The lowest BCUT2D eigenvalue weighted by atomic mass is 10.0. The van der Waals surface area contributed by atoms with Crippen LogP contribution in [-0.4, -0.2) is 0 Å². The summed E-state index contributed by atoms with van der Waals surface area (Å²) < 4.78 is 5.48. The van der Waals surface area contributed by atoms with E-state index in [9.17, 15) is 4.79 Å². The predicted molar refractivity (Wildman–Crippen MR) is 90.0 cm³/mol. The predicted octanol–water partition coefficient (Wildman–Crippen LogP) is 1.37. The Kier molecular flexibility index (Phi) is 2.84. The van der Waals surface area contributed by atoms with Crippen LogP contribution in [0.25, 0.3) is 22.1 Å². The second-order valence-corrected chi connectivity index (χ2v) is 4.99. The lowest BCUT2D eigenvalue weighted by molar-refractivity contribution is 0.605. The van der Waals surface area contributed by atoms with E-state index in [1.54, 1.807) is 18.2 Å². The van der Waals surface area contributed by atoms with E-state index in [-0.39, 0.29) is 33.5 Å². The lowest BCUT2D eigenvalue weighted by Gasteiger charge is -2.09. The van der Waals surface area contributed by atoms with Crippen molar-refractivity contribution >= 4 is 39.4 Å². The van der Waals surface area contributed by atoms with E-state index in [0.29, 0.717) is 22.5 Å². The summed E-state index contributed by atoms with van der Waals surface area (Å²) in [4.78, 5) is 12.7. The molecule has 0 amide bonds. The molecule has 0 radical (unpaired) electrons. The molecule has 7 heteroatoms. The minimum atomic E-state index is -0.311. The molecular formula is C15H15N5O2. The van der Waals surface area contributed by atoms with Gasteiger partial charge in [0.2, 0.25) is 5.43 Å². The molecule has 0 saturated heterocycles. The number of hydrogen-bond donors (Lipinski definition) is 5. The van der Waals surface area contributed by atoms with Gasteiger partial charge in [-0.05, 0) is 17.7 Å². The lowest BCUT2D eigenvalue weighted by Crippen LogP contribution is -2.10. The zero-order valence-electron chi connectivity index (χ0n) is 11.6. The summed E-state index contributed by atoms with van der Waals surface area (Å²) in [6, 6.07) is 6.38. The van der Waals surface area contributed by atoms with Crippen LogP contribution in [0.1, 0.15) is 0 Å². The minimum absolute atomic E-state index is 0.106. The molecule has 0 fully saturated rings. The van der Waals surface area contributed by atoms with Crippen molar-refractivity contribution in [1.82, 2.24) is 0 Å². The number of fused-ring (bicyclic) bond motifs is 1. The van der Waals surface area contributed by atoms with E-state index in [4.69, 9.17) is 33.1 Å². The van der Waals surface area contributed by atoms with Crippen molar-refractivity contribution in [3.8, 4) is 11.1 Å². The van der Waals surface area contributed by atoms with Crippen LogP contribution in [0.2, 0.25) is 0 Å². The van der Waals surface area contributed by atoms with Crippen LogP contribution in [0.3, 0.4) is 0 Å². The highest BCUT2D eigenvalue weighted by molar-refractivity contribution is 6.01. The average Bonchev–Trinajstić information content (AvgIpc) is 2.48.